The van der Waals surface area contributed by atoms with Crippen molar-refractivity contribution >= 4 is 5.97 Å². The molecule has 1 aliphatic carbocycles. The van der Waals surface area contributed by atoms with Gasteiger partial charge in [-0.1, -0.05) is 24.3 Å². The van der Waals surface area contributed by atoms with Crippen LogP contribution in [0.1, 0.15) is 47.1 Å². The van der Waals surface area contributed by atoms with E-state index in [0.29, 0.717) is 29.4 Å². The fraction of sp³-hybridized carbons (Fsp3) is 0.240. The normalized spacial score (nSPS) is 18.5. The minimum absolute atomic E-state index is 0.0597. The van der Waals surface area contributed by atoms with Gasteiger partial charge >= 0.3 is 5.97 Å². The molecule has 5 rings (SSSR count). The lowest BCUT2D eigenvalue weighted by Crippen LogP contribution is -2.07. The maximum absolute atomic E-state index is 11.0. The molecule has 1 aliphatic heterocycles. The van der Waals surface area contributed by atoms with Crippen LogP contribution in [0.2, 0.25) is 0 Å². The number of nitrogens with zero attached hydrogens (tertiary/aromatic N) is 2. The minimum atomic E-state index is -0.826. The third-order valence-corrected chi connectivity index (χ3v) is 5.96. The zero-order valence-corrected chi connectivity index (χ0v) is 16.7. The fourth-order valence-electron chi connectivity index (χ4n) is 4.55. The topological polar surface area (TPSA) is 92.4 Å². The van der Waals surface area contributed by atoms with Crippen molar-refractivity contribution in [1.29, 1.82) is 5.26 Å². The summed E-state index contributed by atoms with van der Waals surface area (Å²) in [7, 11) is 0. The lowest BCUT2D eigenvalue weighted by molar-refractivity contribution is -0.137. The monoisotopic (exact) mass is 412 g/mol. The Morgan fingerprint density at radius 3 is 2.97 bits per heavy atom. The predicted octanol–water partition coefficient (Wildman–Crippen LogP) is 4.64. The van der Waals surface area contributed by atoms with E-state index in [2.05, 4.69) is 17.1 Å². The first-order chi connectivity index (χ1) is 15.1. The molecular weight excluding hydrogens is 392 g/mol. The molecule has 6 heteroatoms. The van der Waals surface area contributed by atoms with Crippen molar-refractivity contribution in [3.05, 3.63) is 77.0 Å². The molecule has 0 saturated heterocycles. The van der Waals surface area contributed by atoms with Gasteiger partial charge in [0.2, 0.25) is 0 Å². The van der Waals surface area contributed by atoms with Crippen molar-refractivity contribution in [1.82, 2.24) is 4.98 Å². The molecule has 0 fully saturated rings. The van der Waals surface area contributed by atoms with Gasteiger partial charge < -0.3 is 14.6 Å². The Morgan fingerprint density at radius 2 is 2.13 bits per heavy atom. The molecule has 2 heterocycles. The summed E-state index contributed by atoms with van der Waals surface area (Å²) in [6, 6.07) is 17.5. The van der Waals surface area contributed by atoms with E-state index in [1.54, 1.807) is 18.3 Å². The number of nitriles is 1. The zero-order chi connectivity index (χ0) is 21.4. The lowest BCUT2D eigenvalue weighted by Gasteiger charge is -2.16. The highest BCUT2D eigenvalue weighted by molar-refractivity contribution is 5.72. The van der Waals surface area contributed by atoms with Crippen LogP contribution in [-0.4, -0.2) is 22.7 Å². The summed E-state index contributed by atoms with van der Waals surface area (Å²) in [5.41, 5.74) is 5.45. The maximum Gasteiger partial charge on any atom is 0.304 e. The van der Waals surface area contributed by atoms with E-state index in [-0.39, 0.29) is 18.4 Å². The Morgan fingerprint density at radius 1 is 1.23 bits per heavy atom. The molecule has 0 amide bonds. The quantitative estimate of drug-likeness (QED) is 0.656. The van der Waals surface area contributed by atoms with Crippen molar-refractivity contribution in [2.75, 3.05) is 6.61 Å². The van der Waals surface area contributed by atoms with E-state index >= 15 is 0 Å². The number of fused-ring (bicyclic) bond motifs is 2. The molecule has 3 aromatic rings. The van der Waals surface area contributed by atoms with Crippen LogP contribution in [0.3, 0.4) is 0 Å². The van der Waals surface area contributed by atoms with Gasteiger partial charge in [0.15, 0.2) is 0 Å². The van der Waals surface area contributed by atoms with Crippen LogP contribution in [0.5, 0.6) is 11.5 Å². The number of ether oxygens (including phenoxy) is 2. The molecule has 1 aromatic heterocycles. The van der Waals surface area contributed by atoms with Gasteiger partial charge in [-0.25, -0.2) is 0 Å². The van der Waals surface area contributed by atoms with Gasteiger partial charge in [0, 0.05) is 29.3 Å². The summed E-state index contributed by atoms with van der Waals surface area (Å²) in [4.78, 5) is 15.5. The summed E-state index contributed by atoms with van der Waals surface area (Å²) >= 11 is 0. The Kier molecular flexibility index (Phi) is 4.79. The molecule has 0 bridgehead atoms. The highest BCUT2D eigenvalue weighted by Gasteiger charge is 2.30. The molecule has 1 N–H and O–H groups in total. The first-order valence-corrected chi connectivity index (χ1v) is 10.3. The predicted molar refractivity (Wildman–Crippen MR) is 113 cm³/mol. The number of hydrogen-bond donors (Lipinski definition) is 1. The second-order valence-electron chi connectivity index (χ2n) is 7.84. The molecule has 2 atom stereocenters. The van der Waals surface area contributed by atoms with Gasteiger partial charge in [0.25, 0.3) is 0 Å². The van der Waals surface area contributed by atoms with Crippen molar-refractivity contribution in [3.63, 3.8) is 0 Å². The van der Waals surface area contributed by atoms with E-state index in [1.807, 2.05) is 30.3 Å². The Balaban J connectivity index is 1.41. The minimum Gasteiger partial charge on any atom is -0.492 e. The van der Waals surface area contributed by atoms with Crippen molar-refractivity contribution in [2.45, 2.75) is 31.3 Å². The summed E-state index contributed by atoms with van der Waals surface area (Å²) in [6.45, 7) is 0.381. The number of benzene rings is 2. The van der Waals surface area contributed by atoms with Gasteiger partial charge in [-0.15, -0.1) is 0 Å². The maximum atomic E-state index is 11.0. The molecule has 0 saturated carbocycles. The van der Waals surface area contributed by atoms with E-state index in [9.17, 15) is 10.1 Å². The summed E-state index contributed by atoms with van der Waals surface area (Å²) < 4.78 is 12.0. The van der Waals surface area contributed by atoms with Gasteiger partial charge in [-0.05, 0) is 42.2 Å². The number of aliphatic carboxylic acids is 1. The summed E-state index contributed by atoms with van der Waals surface area (Å²) in [5, 5.41) is 18.5. The van der Waals surface area contributed by atoms with Crippen LogP contribution >= 0.6 is 0 Å². The Bertz CT molecular complexity index is 1210. The van der Waals surface area contributed by atoms with Crippen molar-refractivity contribution < 1.29 is 19.4 Å². The molecule has 1 unspecified atom stereocenters. The molecule has 154 valence electrons. The number of hydrogen-bond acceptors (Lipinski definition) is 5. The van der Waals surface area contributed by atoms with Crippen LogP contribution in [0, 0.1) is 11.3 Å². The number of rotatable bonds is 5. The largest absolute Gasteiger partial charge is 0.492 e. The molecule has 6 nitrogen and oxygen atoms in total. The van der Waals surface area contributed by atoms with Crippen molar-refractivity contribution in [2.24, 2.45) is 0 Å². The smallest absolute Gasteiger partial charge is 0.304 e. The first-order valence-electron chi connectivity index (χ1n) is 10.3. The van der Waals surface area contributed by atoms with Gasteiger partial charge in [0.05, 0.1) is 24.3 Å². The molecule has 2 aliphatic rings. The van der Waals surface area contributed by atoms with E-state index < -0.39 is 5.97 Å². The van der Waals surface area contributed by atoms with E-state index in [1.165, 1.54) is 5.56 Å². The van der Waals surface area contributed by atoms with Crippen molar-refractivity contribution in [3.8, 4) is 28.8 Å². The number of pyridine rings is 1. The van der Waals surface area contributed by atoms with Crippen LogP contribution in [0.4, 0.5) is 0 Å². The number of aromatic nitrogens is 1. The van der Waals surface area contributed by atoms with Gasteiger partial charge in [-0.3, -0.25) is 9.78 Å². The van der Waals surface area contributed by atoms with Gasteiger partial charge in [0.1, 0.15) is 23.7 Å². The number of carboxylic acids is 1. The number of carbonyl (C=O) groups is 1. The average molecular weight is 412 g/mol. The molecule has 0 spiro atoms. The van der Waals surface area contributed by atoms with Crippen LogP contribution in [0.15, 0.2) is 54.7 Å². The molecule has 0 radical (unpaired) electrons. The number of carboxylic acid groups (broad SMARTS) is 1. The van der Waals surface area contributed by atoms with E-state index in [0.717, 1.165) is 29.5 Å². The lowest BCUT2D eigenvalue weighted by atomic mass is 9.97. The molecule has 31 heavy (non-hydrogen) atoms. The third-order valence-electron chi connectivity index (χ3n) is 5.96. The standard InChI is InChI=1S/C25H20N2O4/c26-13-15-3-2-10-27-25(15)21-5-1-4-20-19(21)8-9-22(20)31-17-6-7-18-16(11-24(28)29)14-30-23(18)12-17/h1-7,10,12,16,22H,8-9,11,14H2,(H,28,29)/t16?,22-/m1/s1. The third kappa shape index (κ3) is 3.49. The second kappa shape index (κ2) is 7.77. The van der Waals surface area contributed by atoms with Crippen LogP contribution in [0.25, 0.3) is 11.3 Å². The van der Waals surface area contributed by atoms with Crippen LogP contribution < -0.4 is 9.47 Å². The zero-order valence-electron chi connectivity index (χ0n) is 16.7. The Labute approximate surface area is 179 Å². The average Bonchev–Trinajstić information content (AvgIpc) is 3.37. The fourth-order valence-corrected chi connectivity index (χ4v) is 4.55. The molecule has 2 aromatic carbocycles. The summed E-state index contributed by atoms with van der Waals surface area (Å²) in [6.07, 6.45) is 3.35. The second-order valence-corrected chi connectivity index (χ2v) is 7.84. The Hall–Kier alpha value is -3.85. The SMILES string of the molecule is N#Cc1cccnc1-c1cccc2c1CC[C@H]2Oc1ccc2c(c1)OCC2CC(=O)O. The summed E-state index contributed by atoms with van der Waals surface area (Å²) in [5.74, 6) is 0.452. The van der Waals surface area contributed by atoms with E-state index in [4.69, 9.17) is 14.6 Å². The first kappa shape index (κ1) is 19.1. The highest BCUT2D eigenvalue weighted by atomic mass is 16.5. The highest BCUT2D eigenvalue weighted by Crippen LogP contribution is 2.43. The van der Waals surface area contributed by atoms with Gasteiger partial charge in [-0.2, -0.15) is 5.26 Å². The van der Waals surface area contributed by atoms with Crippen LogP contribution in [-0.2, 0) is 11.2 Å². The molecular formula is C25H20N2O4.